The minimum absolute atomic E-state index is 0.931. The van der Waals surface area contributed by atoms with Crippen LogP contribution in [0.2, 0.25) is 0 Å². The first-order chi connectivity index (χ1) is 6.31. The molecule has 0 amide bonds. The first-order valence-corrected chi connectivity index (χ1v) is 5.25. The zero-order valence-corrected chi connectivity index (χ0v) is 9.34. The Morgan fingerprint density at radius 1 is 1.46 bits per heavy atom. The molecule has 0 saturated carbocycles. The Bertz CT molecular complexity index is 442. The summed E-state index contributed by atoms with van der Waals surface area (Å²) in [6, 6.07) is 6.42. The van der Waals surface area contributed by atoms with Crippen molar-refractivity contribution in [2.45, 2.75) is 6.42 Å². The number of aromatic nitrogens is 1. The van der Waals surface area contributed by atoms with Gasteiger partial charge >= 0.3 is 0 Å². The third kappa shape index (κ3) is 1.63. The SMILES string of the molecule is C=CCc1c[nH]c2ccc(I)cc12. The third-order valence-corrected chi connectivity index (χ3v) is 2.76. The van der Waals surface area contributed by atoms with E-state index in [4.69, 9.17) is 0 Å². The molecule has 13 heavy (non-hydrogen) atoms. The largest absolute Gasteiger partial charge is 0.361 e. The predicted octanol–water partition coefficient (Wildman–Crippen LogP) is 3.50. The van der Waals surface area contributed by atoms with E-state index in [0.717, 1.165) is 6.42 Å². The average Bonchev–Trinajstić information content (AvgIpc) is 2.49. The second kappa shape index (κ2) is 3.54. The van der Waals surface area contributed by atoms with Crippen molar-refractivity contribution in [2.24, 2.45) is 0 Å². The van der Waals surface area contributed by atoms with E-state index in [0.29, 0.717) is 0 Å². The molecule has 1 aromatic carbocycles. The van der Waals surface area contributed by atoms with Crippen molar-refractivity contribution in [1.29, 1.82) is 0 Å². The average molecular weight is 283 g/mol. The molecule has 0 aliphatic carbocycles. The summed E-state index contributed by atoms with van der Waals surface area (Å²) in [5.41, 5.74) is 2.53. The Morgan fingerprint density at radius 3 is 3.08 bits per heavy atom. The van der Waals surface area contributed by atoms with Crippen LogP contribution in [0.4, 0.5) is 0 Å². The van der Waals surface area contributed by atoms with Gasteiger partial charge in [-0.2, -0.15) is 0 Å². The fraction of sp³-hybridized carbons (Fsp3) is 0.0909. The first kappa shape index (κ1) is 8.81. The van der Waals surface area contributed by atoms with Crippen molar-refractivity contribution in [1.82, 2.24) is 4.98 Å². The zero-order valence-electron chi connectivity index (χ0n) is 7.18. The van der Waals surface area contributed by atoms with Crippen LogP contribution >= 0.6 is 22.6 Å². The maximum atomic E-state index is 3.75. The number of aromatic amines is 1. The van der Waals surface area contributed by atoms with E-state index < -0.39 is 0 Å². The highest BCUT2D eigenvalue weighted by Crippen LogP contribution is 2.21. The quantitative estimate of drug-likeness (QED) is 0.641. The van der Waals surface area contributed by atoms with Crippen LogP contribution in [0.5, 0.6) is 0 Å². The Kier molecular flexibility index (Phi) is 2.40. The third-order valence-electron chi connectivity index (χ3n) is 2.09. The Hall–Kier alpha value is -0.770. The lowest BCUT2D eigenvalue weighted by Gasteiger charge is -1.94. The van der Waals surface area contributed by atoms with Gasteiger partial charge in [-0.15, -0.1) is 6.58 Å². The van der Waals surface area contributed by atoms with Gasteiger partial charge in [-0.3, -0.25) is 0 Å². The van der Waals surface area contributed by atoms with Crippen LogP contribution in [0.15, 0.2) is 37.1 Å². The maximum Gasteiger partial charge on any atom is 0.0457 e. The molecule has 0 unspecified atom stereocenters. The summed E-state index contributed by atoms with van der Waals surface area (Å²) in [4.78, 5) is 3.25. The van der Waals surface area contributed by atoms with E-state index in [9.17, 15) is 0 Å². The second-order valence-corrected chi connectivity index (χ2v) is 4.24. The number of halogens is 1. The van der Waals surface area contributed by atoms with Gasteiger partial charge in [0, 0.05) is 20.7 Å². The number of nitrogens with one attached hydrogen (secondary N) is 1. The molecular formula is C11H10IN. The first-order valence-electron chi connectivity index (χ1n) is 4.17. The fourth-order valence-corrected chi connectivity index (χ4v) is 1.97. The van der Waals surface area contributed by atoms with Crippen molar-refractivity contribution in [3.8, 4) is 0 Å². The molecule has 0 fully saturated rings. The van der Waals surface area contributed by atoms with E-state index in [1.807, 2.05) is 6.08 Å². The smallest absolute Gasteiger partial charge is 0.0457 e. The Morgan fingerprint density at radius 2 is 2.31 bits per heavy atom. The van der Waals surface area contributed by atoms with Gasteiger partial charge in [0.2, 0.25) is 0 Å². The molecule has 1 aromatic heterocycles. The Balaban J connectivity index is 2.64. The van der Waals surface area contributed by atoms with E-state index in [2.05, 4.69) is 58.5 Å². The van der Waals surface area contributed by atoms with Gasteiger partial charge in [0.05, 0.1) is 0 Å². The number of hydrogen-bond donors (Lipinski definition) is 1. The summed E-state index contributed by atoms with van der Waals surface area (Å²) in [5.74, 6) is 0. The van der Waals surface area contributed by atoms with Gasteiger partial charge in [-0.05, 0) is 52.8 Å². The highest BCUT2D eigenvalue weighted by molar-refractivity contribution is 14.1. The summed E-state index contributed by atoms with van der Waals surface area (Å²) in [5, 5.41) is 1.31. The molecule has 0 bridgehead atoms. The van der Waals surface area contributed by atoms with Gasteiger partial charge in [0.25, 0.3) is 0 Å². The van der Waals surface area contributed by atoms with E-state index in [-0.39, 0.29) is 0 Å². The van der Waals surface area contributed by atoms with E-state index in [1.54, 1.807) is 0 Å². The van der Waals surface area contributed by atoms with Crippen LogP contribution in [-0.4, -0.2) is 4.98 Å². The molecule has 2 aromatic rings. The monoisotopic (exact) mass is 283 g/mol. The highest BCUT2D eigenvalue weighted by atomic mass is 127. The normalized spacial score (nSPS) is 10.5. The molecule has 1 N–H and O–H groups in total. The van der Waals surface area contributed by atoms with Gasteiger partial charge < -0.3 is 4.98 Å². The van der Waals surface area contributed by atoms with Gasteiger partial charge in [-0.25, -0.2) is 0 Å². The molecule has 2 heteroatoms. The summed E-state index contributed by atoms with van der Waals surface area (Å²) in [7, 11) is 0. The van der Waals surface area contributed by atoms with Crippen molar-refractivity contribution in [2.75, 3.05) is 0 Å². The van der Waals surface area contributed by atoms with Crippen molar-refractivity contribution >= 4 is 33.5 Å². The van der Waals surface area contributed by atoms with E-state index in [1.165, 1.54) is 20.0 Å². The fourth-order valence-electron chi connectivity index (χ4n) is 1.48. The van der Waals surface area contributed by atoms with Crippen molar-refractivity contribution in [3.63, 3.8) is 0 Å². The number of allylic oxidation sites excluding steroid dienone is 1. The lowest BCUT2D eigenvalue weighted by molar-refractivity contribution is 1.29. The summed E-state index contributed by atoms with van der Waals surface area (Å²) in [6.45, 7) is 3.75. The molecule has 0 spiro atoms. The van der Waals surface area contributed by atoms with Gasteiger partial charge in [0.15, 0.2) is 0 Å². The molecule has 66 valence electrons. The molecule has 2 rings (SSSR count). The second-order valence-electron chi connectivity index (χ2n) is 3.00. The summed E-state index contributed by atoms with van der Waals surface area (Å²) < 4.78 is 1.27. The molecule has 1 heterocycles. The molecule has 0 atom stereocenters. The minimum atomic E-state index is 0.931. The number of benzene rings is 1. The topological polar surface area (TPSA) is 15.8 Å². The molecule has 0 saturated heterocycles. The lowest BCUT2D eigenvalue weighted by atomic mass is 10.1. The van der Waals surface area contributed by atoms with Crippen LogP contribution in [0, 0.1) is 3.57 Å². The standard InChI is InChI=1S/C11H10IN/c1-2-3-8-7-13-11-5-4-9(12)6-10(8)11/h2,4-7,13H,1,3H2. The molecule has 0 aliphatic rings. The van der Waals surface area contributed by atoms with Crippen LogP contribution < -0.4 is 0 Å². The zero-order chi connectivity index (χ0) is 9.26. The summed E-state index contributed by atoms with van der Waals surface area (Å²) in [6.07, 6.45) is 4.92. The van der Waals surface area contributed by atoms with Crippen LogP contribution in [-0.2, 0) is 6.42 Å². The number of H-pyrrole nitrogens is 1. The Labute approximate surface area is 91.0 Å². The van der Waals surface area contributed by atoms with Gasteiger partial charge in [0.1, 0.15) is 0 Å². The number of fused-ring (bicyclic) bond motifs is 1. The van der Waals surface area contributed by atoms with Crippen LogP contribution in [0.1, 0.15) is 5.56 Å². The summed E-state index contributed by atoms with van der Waals surface area (Å²) >= 11 is 2.33. The number of rotatable bonds is 2. The van der Waals surface area contributed by atoms with Crippen LogP contribution in [0.25, 0.3) is 10.9 Å². The number of hydrogen-bond acceptors (Lipinski definition) is 0. The van der Waals surface area contributed by atoms with E-state index >= 15 is 0 Å². The molecular weight excluding hydrogens is 273 g/mol. The molecule has 0 aliphatic heterocycles. The lowest BCUT2D eigenvalue weighted by Crippen LogP contribution is -1.77. The van der Waals surface area contributed by atoms with Crippen LogP contribution in [0.3, 0.4) is 0 Å². The molecule has 0 radical (unpaired) electrons. The predicted molar refractivity (Wildman–Crippen MR) is 64.9 cm³/mol. The van der Waals surface area contributed by atoms with Gasteiger partial charge in [-0.1, -0.05) is 6.08 Å². The molecule has 1 nitrogen and oxygen atoms in total. The van der Waals surface area contributed by atoms with Crippen molar-refractivity contribution < 1.29 is 0 Å². The van der Waals surface area contributed by atoms with Crippen molar-refractivity contribution in [3.05, 3.63) is 46.2 Å². The highest BCUT2D eigenvalue weighted by Gasteiger charge is 2.01. The minimum Gasteiger partial charge on any atom is -0.361 e. The maximum absolute atomic E-state index is 3.75.